The highest BCUT2D eigenvalue weighted by atomic mass is 32.1. The molecule has 1 aromatic heterocycles. The number of likely N-dealkylation sites (tertiary alicyclic amines) is 1. The Morgan fingerprint density at radius 3 is 2.54 bits per heavy atom. The number of hydrogen-bond donors (Lipinski definition) is 2. The van der Waals surface area contributed by atoms with Crippen LogP contribution in [0.25, 0.3) is 0 Å². The second-order valence-corrected chi connectivity index (χ2v) is 7.53. The molecule has 2 aromatic rings. The van der Waals surface area contributed by atoms with Gasteiger partial charge >= 0.3 is 6.03 Å². The van der Waals surface area contributed by atoms with E-state index >= 15 is 0 Å². The second kappa shape index (κ2) is 8.80. The topological polar surface area (TPSA) is 74.3 Å². The van der Waals surface area contributed by atoms with Gasteiger partial charge in [-0.05, 0) is 25.3 Å². The average molecular weight is 372 g/mol. The Balaban J connectivity index is 1.39. The van der Waals surface area contributed by atoms with Crippen LogP contribution in [0.1, 0.15) is 29.0 Å². The van der Waals surface area contributed by atoms with Crippen LogP contribution in [-0.4, -0.2) is 34.9 Å². The Morgan fingerprint density at radius 2 is 1.88 bits per heavy atom. The molecule has 0 aliphatic carbocycles. The molecule has 6 nitrogen and oxygen atoms in total. The molecule has 3 amide bonds. The minimum absolute atomic E-state index is 0.0246. The molecule has 138 valence electrons. The van der Waals surface area contributed by atoms with E-state index in [-0.39, 0.29) is 17.9 Å². The Bertz CT molecular complexity index is 723. The number of benzene rings is 1. The van der Waals surface area contributed by atoms with Crippen LogP contribution in [0.5, 0.6) is 0 Å². The molecule has 2 heterocycles. The minimum Gasteiger partial charge on any atom is -0.352 e. The SMILES string of the molecule is Cc1ccc(CNC(=O)C2CCN(C(=O)NCc3nccs3)CC2)cc1. The molecule has 3 rings (SSSR count). The number of rotatable bonds is 5. The maximum absolute atomic E-state index is 12.4. The van der Waals surface area contributed by atoms with Crippen molar-refractivity contribution in [2.24, 2.45) is 5.92 Å². The quantitative estimate of drug-likeness (QED) is 0.847. The number of aryl methyl sites for hydroxylation is 1. The predicted octanol–water partition coefficient (Wildman–Crippen LogP) is 2.69. The summed E-state index contributed by atoms with van der Waals surface area (Å²) in [6, 6.07) is 8.07. The van der Waals surface area contributed by atoms with Crippen LogP contribution in [0, 0.1) is 12.8 Å². The first-order chi connectivity index (χ1) is 12.6. The van der Waals surface area contributed by atoms with Crippen molar-refractivity contribution in [1.82, 2.24) is 20.5 Å². The fourth-order valence-corrected chi connectivity index (χ4v) is 3.54. The Labute approximate surface area is 157 Å². The molecule has 1 aliphatic heterocycles. The summed E-state index contributed by atoms with van der Waals surface area (Å²) in [5, 5.41) is 8.68. The third-order valence-corrected chi connectivity index (χ3v) is 5.39. The van der Waals surface area contributed by atoms with Gasteiger partial charge in [0.15, 0.2) is 0 Å². The summed E-state index contributed by atoms with van der Waals surface area (Å²) < 4.78 is 0. The van der Waals surface area contributed by atoms with E-state index in [1.807, 2.05) is 36.6 Å². The van der Waals surface area contributed by atoms with Crippen molar-refractivity contribution in [2.75, 3.05) is 13.1 Å². The summed E-state index contributed by atoms with van der Waals surface area (Å²) >= 11 is 1.52. The lowest BCUT2D eigenvalue weighted by Crippen LogP contribution is -2.46. The number of aromatic nitrogens is 1. The van der Waals surface area contributed by atoms with Crippen molar-refractivity contribution in [1.29, 1.82) is 0 Å². The number of nitrogens with zero attached hydrogens (tertiary/aromatic N) is 2. The maximum Gasteiger partial charge on any atom is 0.317 e. The van der Waals surface area contributed by atoms with Crippen LogP contribution in [0.2, 0.25) is 0 Å². The van der Waals surface area contributed by atoms with E-state index in [1.54, 1.807) is 11.1 Å². The summed E-state index contributed by atoms with van der Waals surface area (Å²) in [5.41, 5.74) is 2.31. The number of nitrogens with one attached hydrogen (secondary N) is 2. The molecule has 0 spiro atoms. The van der Waals surface area contributed by atoms with Crippen molar-refractivity contribution in [3.05, 3.63) is 52.0 Å². The monoisotopic (exact) mass is 372 g/mol. The molecule has 0 radical (unpaired) electrons. The molecular formula is C19H24N4O2S. The zero-order chi connectivity index (χ0) is 18.4. The third kappa shape index (κ3) is 5.05. The molecule has 1 aromatic carbocycles. The number of hydrogen-bond acceptors (Lipinski definition) is 4. The van der Waals surface area contributed by atoms with Gasteiger partial charge in [-0.15, -0.1) is 11.3 Å². The lowest BCUT2D eigenvalue weighted by atomic mass is 9.96. The largest absolute Gasteiger partial charge is 0.352 e. The van der Waals surface area contributed by atoms with Gasteiger partial charge in [0.1, 0.15) is 5.01 Å². The smallest absolute Gasteiger partial charge is 0.317 e. The zero-order valence-corrected chi connectivity index (χ0v) is 15.7. The first-order valence-corrected chi connectivity index (χ1v) is 9.74. The van der Waals surface area contributed by atoms with E-state index in [9.17, 15) is 9.59 Å². The highest BCUT2D eigenvalue weighted by molar-refractivity contribution is 7.09. The first-order valence-electron chi connectivity index (χ1n) is 8.86. The van der Waals surface area contributed by atoms with Crippen LogP contribution in [-0.2, 0) is 17.9 Å². The van der Waals surface area contributed by atoms with Gasteiger partial charge in [0.25, 0.3) is 0 Å². The molecule has 2 N–H and O–H groups in total. The van der Waals surface area contributed by atoms with Crippen LogP contribution < -0.4 is 10.6 Å². The van der Waals surface area contributed by atoms with Crippen molar-refractivity contribution >= 4 is 23.3 Å². The first kappa shape index (κ1) is 18.4. The van der Waals surface area contributed by atoms with Crippen molar-refractivity contribution in [3.8, 4) is 0 Å². The Hall–Kier alpha value is -2.41. The van der Waals surface area contributed by atoms with Gasteiger partial charge in [0.05, 0.1) is 6.54 Å². The number of piperidine rings is 1. The molecule has 1 saturated heterocycles. The zero-order valence-electron chi connectivity index (χ0n) is 14.9. The van der Waals surface area contributed by atoms with Gasteiger partial charge in [-0.3, -0.25) is 4.79 Å². The summed E-state index contributed by atoms with van der Waals surface area (Å²) in [6.45, 7) is 4.25. The summed E-state index contributed by atoms with van der Waals surface area (Å²) in [5.74, 6) is 0.0527. The van der Waals surface area contributed by atoms with Gasteiger partial charge in [-0.1, -0.05) is 29.8 Å². The number of urea groups is 1. The van der Waals surface area contributed by atoms with E-state index < -0.39 is 0 Å². The van der Waals surface area contributed by atoms with Crippen LogP contribution in [0.15, 0.2) is 35.8 Å². The van der Waals surface area contributed by atoms with E-state index in [2.05, 4.69) is 15.6 Å². The summed E-state index contributed by atoms with van der Waals surface area (Å²) in [6.07, 6.45) is 3.13. The second-order valence-electron chi connectivity index (χ2n) is 6.55. The molecule has 0 bridgehead atoms. The van der Waals surface area contributed by atoms with Gasteiger partial charge in [-0.2, -0.15) is 0 Å². The van der Waals surface area contributed by atoms with Crippen LogP contribution in [0.4, 0.5) is 4.79 Å². The Morgan fingerprint density at radius 1 is 1.15 bits per heavy atom. The highest BCUT2D eigenvalue weighted by Crippen LogP contribution is 2.18. The normalized spacial score (nSPS) is 14.9. The molecular weight excluding hydrogens is 348 g/mol. The van der Waals surface area contributed by atoms with Crippen molar-refractivity contribution < 1.29 is 9.59 Å². The van der Waals surface area contributed by atoms with Crippen molar-refractivity contribution in [3.63, 3.8) is 0 Å². The molecule has 0 atom stereocenters. The number of thiazole rings is 1. The van der Waals surface area contributed by atoms with Crippen molar-refractivity contribution in [2.45, 2.75) is 32.9 Å². The third-order valence-electron chi connectivity index (χ3n) is 4.61. The molecule has 0 saturated carbocycles. The number of amides is 3. The van der Waals surface area contributed by atoms with Gasteiger partial charge in [0, 0.05) is 37.1 Å². The molecule has 1 fully saturated rings. The van der Waals surface area contributed by atoms with Gasteiger partial charge in [-0.25, -0.2) is 9.78 Å². The van der Waals surface area contributed by atoms with Crippen LogP contribution >= 0.6 is 11.3 Å². The predicted molar refractivity (Wildman–Crippen MR) is 102 cm³/mol. The lowest BCUT2D eigenvalue weighted by molar-refractivity contribution is -0.126. The standard InChI is InChI=1S/C19H24N4O2S/c1-14-2-4-15(5-3-14)12-21-18(24)16-6-9-23(10-7-16)19(25)22-13-17-20-8-11-26-17/h2-5,8,11,16H,6-7,9-10,12-13H2,1H3,(H,21,24)(H,22,25). The van der Waals surface area contributed by atoms with E-state index in [0.717, 1.165) is 10.6 Å². The summed E-state index contributed by atoms with van der Waals surface area (Å²) in [4.78, 5) is 30.5. The minimum atomic E-state index is -0.0845. The fourth-order valence-electron chi connectivity index (χ4n) is 2.99. The van der Waals surface area contributed by atoms with Gasteiger partial charge in [0.2, 0.25) is 5.91 Å². The molecule has 1 aliphatic rings. The van der Waals surface area contributed by atoms with E-state index in [4.69, 9.17) is 0 Å². The average Bonchev–Trinajstić information content (AvgIpc) is 3.19. The molecule has 7 heteroatoms. The highest BCUT2D eigenvalue weighted by Gasteiger charge is 2.27. The summed E-state index contributed by atoms with van der Waals surface area (Å²) in [7, 11) is 0. The number of carbonyl (C=O) groups excluding carboxylic acids is 2. The molecule has 0 unspecified atom stereocenters. The van der Waals surface area contributed by atoms with Crippen LogP contribution in [0.3, 0.4) is 0 Å². The number of carbonyl (C=O) groups is 2. The fraction of sp³-hybridized carbons (Fsp3) is 0.421. The van der Waals surface area contributed by atoms with Gasteiger partial charge < -0.3 is 15.5 Å². The lowest BCUT2D eigenvalue weighted by Gasteiger charge is -2.31. The maximum atomic E-state index is 12.4. The Kier molecular flexibility index (Phi) is 6.22. The van der Waals surface area contributed by atoms with E-state index in [0.29, 0.717) is 39.0 Å². The van der Waals surface area contributed by atoms with E-state index in [1.165, 1.54) is 16.9 Å². The molecule has 26 heavy (non-hydrogen) atoms.